The number of benzene rings is 2. The third-order valence-corrected chi connectivity index (χ3v) is 3.06. The van der Waals surface area contributed by atoms with Gasteiger partial charge in [0, 0.05) is 12.2 Å². The van der Waals surface area contributed by atoms with Crippen LogP contribution in [0.3, 0.4) is 0 Å². The standard InChI is InChI=1S/C16H13F2N3O2/c17-12-3-1-10(2-4-12)15(22)9-20-16(23)21-13-5-6-14(18)11(7-13)8-19/h1-7,15,22H,9H2,(H2,20,21,23). The molecule has 0 saturated carbocycles. The van der Waals surface area contributed by atoms with Crippen LogP contribution in [0.25, 0.3) is 0 Å². The minimum atomic E-state index is -0.996. The maximum Gasteiger partial charge on any atom is 0.319 e. The molecule has 0 heterocycles. The van der Waals surface area contributed by atoms with Crippen molar-refractivity contribution in [1.29, 1.82) is 5.26 Å². The SMILES string of the molecule is N#Cc1cc(NC(=O)NCC(O)c2ccc(F)cc2)ccc1F. The molecule has 0 aliphatic heterocycles. The van der Waals surface area contributed by atoms with Gasteiger partial charge in [0.25, 0.3) is 0 Å². The van der Waals surface area contributed by atoms with E-state index in [0.29, 0.717) is 5.56 Å². The molecule has 2 aromatic carbocycles. The summed E-state index contributed by atoms with van der Waals surface area (Å²) in [6.07, 6.45) is -0.996. The molecule has 0 aromatic heterocycles. The number of halogens is 2. The minimum Gasteiger partial charge on any atom is -0.387 e. The highest BCUT2D eigenvalue weighted by Gasteiger charge is 2.10. The van der Waals surface area contributed by atoms with Crippen LogP contribution in [0.2, 0.25) is 0 Å². The van der Waals surface area contributed by atoms with Gasteiger partial charge in [-0.3, -0.25) is 0 Å². The number of nitriles is 1. The lowest BCUT2D eigenvalue weighted by Crippen LogP contribution is -2.32. The average Bonchev–Trinajstić information content (AvgIpc) is 2.55. The molecule has 0 spiro atoms. The highest BCUT2D eigenvalue weighted by atomic mass is 19.1. The van der Waals surface area contributed by atoms with Gasteiger partial charge in [-0.15, -0.1) is 0 Å². The van der Waals surface area contributed by atoms with Crippen molar-refractivity contribution in [2.45, 2.75) is 6.10 Å². The number of nitrogens with zero attached hydrogens (tertiary/aromatic N) is 1. The van der Waals surface area contributed by atoms with Crippen LogP contribution in [0.15, 0.2) is 42.5 Å². The molecular formula is C16H13F2N3O2. The normalized spacial score (nSPS) is 11.4. The number of anilines is 1. The molecule has 1 unspecified atom stereocenters. The number of carbonyl (C=O) groups excluding carboxylic acids is 1. The Kier molecular flexibility index (Phi) is 5.23. The van der Waals surface area contributed by atoms with Gasteiger partial charge < -0.3 is 15.7 Å². The summed E-state index contributed by atoms with van der Waals surface area (Å²) in [5.41, 5.74) is 0.520. The van der Waals surface area contributed by atoms with Crippen molar-refractivity contribution in [3.63, 3.8) is 0 Å². The Labute approximate surface area is 131 Å². The molecule has 2 amide bonds. The van der Waals surface area contributed by atoms with Crippen molar-refractivity contribution in [2.75, 3.05) is 11.9 Å². The number of urea groups is 1. The zero-order valence-corrected chi connectivity index (χ0v) is 11.9. The lowest BCUT2D eigenvalue weighted by atomic mass is 10.1. The Balaban J connectivity index is 1.90. The van der Waals surface area contributed by atoms with Gasteiger partial charge in [-0.1, -0.05) is 12.1 Å². The molecule has 3 N–H and O–H groups in total. The predicted molar refractivity (Wildman–Crippen MR) is 79.5 cm³/mol. The summed E-state index contributed by atoms with van der Waals surface area (Å²) in [5, 5.41) is 23.5. The molecule has 118 valence electrons. The van der Waals surface area contributed by atoms with E-state index in [1.54, 1.807) is 6.07 Å². The molecule has 2 aromatic rings. The summed E-state index contributed by atoms with van der Waals surface area (Å²) in [5.74, 6) is -1.10. The zero-order chi connectivity index (χ0) is 16.8. The smallest absolute Gasteiger partial charge is 0.319 e. The van der Waals surface area contributed by atoms with Gasteiger partial charge in [0.15, 0.2) is 0 Å². The highest BCUT2D eigenvalue weighted by Crippen LogP contribution is 2.14. The number of hydrogen-bond acceptors (Lipinski definition) is 3. The molecule has 23 heavy (non-hydrogen) atoms. The summed E-state index contributed by atoms with van der Waals surface area (Å²) in [7, 11) is 0. The first-order valence-electron chi connectivity index (χ1n) is 6.67. The quantitative estimate of drug-likeness (QED) is 0.810. The molecular weight excluding hydrogens is 304 g/mol. The van der Waals surface area contributed by atoms with Gasteiger partial charge in [-0.2, -0.15) is 5.26 Å². The lowest BCUT2D eigenvalue weighted by molar-refractivity contribution is 0.175. The van der Waals surface area contributed by atoms with Crippen LogP contribution in [0.1, 0.15) is 17.2 Å². The third kappa shape index (κ3) is 4.49. The lowest BCUT2D eigenvalue weighted by Gasteiger charge is -2.13. The van der Waals surface area contributed by atoms with Crippen molar-refractivity contribution in [3.8, 4) is 6.07 Å². The Hall–Kier alpha value is -2.98. The Morgan fingerprint density at radius 3 is 2.57 bits per heavy atom. The van der Waals surface area contributed by atoms with Crippen LogP contribution < -0.4 is 10.6 Å². The molecule has 0 aliphatic rings. The number of hydrogen-bond donors (Lipinski definition) is 3. The number of amides is 2. The van der Waals surface area contributed by atoms with E-state index in [2.05, 4.69) is 10.6 Å². The van der Waals surface area contributed by atoms with Crippen LogP contribution >= 0.6 is 0 Å². The first-order chi connectivity index (χ1) is 11.0. The van der Waals surface area contributed by atoms with Crippen LogP contribution in [0.4, 0.5) is 19.3 Å². The van der Waals surface area contributed by atoms with Crippen molar-refractivity contribution < 1.29 is 18.7 Å². The van der Waals surface area contributed by atoms with E-state index in [-0.39, 0.29) is 17.8 Å². The minimum absolute atomic E-state index is 0.0935. The zero-order valence-electron chi connectivity index (χ0n) is 11.9. The van der Waals surface area contributed by atoms with E-state index < -0.39 is 23.8 Å². The van der Waals surface area contributed by atoms with Gasteiger partial charge in [0.2, 0.25) is 0 Å². The first kappa shape index (κ1) is 16.4. The molecule has 7 heteroatoms. The Bertz CT molecular complexity index is 742. The van der Waals surface area contributed by atoms with Gasteiger partial charge in [-0.05, 0) is 35.9 Å². The van der Waals surface area contributed by atoms with Crippen molar-refractivity contribution in [1.82, 2.24) is 5.32 Å². The summed E-state index contributed by atoms with van der Waals surface area (Å²) in [6, 6.07) is 9.88. The summed E-state index contributed by atoms with van der Waals surface area (Å²) in [4.78, 5) is 11.7. The second kappa shape index (κ2) is 7.33. The third-order valence-electron chi connectivity index (χ3n) is 3.06. The number of rotatable bonds is 4. The number of aliphatic hydroxyl groups is 1. The number of carbonyl (C=O) groups is 1. The Morgan fingerprint density at radius 1 is 1.22 bits per heavy atom. The molecule has 5 nitrogen and oxygen atoms in total. The molecule has 1 atom stereocenters. The van der Waals surface area contributed by atoms with Crippen LogP contribution in [0, 0.1) is 23.0 Å². The van der Waals surface area contributed by atoms with Crippen molar-refractivity contribution in [2.24, 2.45) is 0 Å². The molecule has 0 bridgehead atoms. The topological polar surface area (TPSA) is 85.2 Å². The van der Waals surface area contributed by atoms with E-state index in [1.807, 2.05) is 0 Å². The largest absolute Gasteiger partial charge is 0.387 e. The fourth-order valence-electron chi connectivity index (χ4n) is 1.86. The summed E-state index contributed by atoms with van der Waals surface area (Å²) < 4.78 is 26.0. The summed E-state index contributed by atoms with van der Waals surface area (Å²) >= 11 is 0. The fourth-order valence-corrected chi connectivity index (χ4v) is 1.86. The maximum absolute atomic E-state index is 13.2. The van der Waals surface area contributed by atoms with E-state index in [9.17, 15) is 18.7 Å². The van der Waals surface area contributed by atoms with E-state index in [0.717, 1.165) is 6.07 Å². The van der Waals surface area contributed by atoms with Gasteiger partial charge in [-0.25, -0.2) is 13.6 Å². The first-order valence-corrected chi connectivity index (χ1v) is 6.67. The fraction of sp³-hybridized carbons (Fsp3) is 0.125. The van der Waals surface area contributed by atoms with Gasteiger partial charge >= 0.3 is 6.03 Å². The van der Waals surface area contributed by atoms with Gasteiger partial charge in [0.1, 0.15) is 17.7 Å². The highest BCUT2D eigenvalue weighted by molar-refractivity contribution is 5.89. The van der Waals surface area contributed by atoms with E-state index in [4.69, 9.17) is 5.26 Å². The molecule has 0 fully saturated rings. The van der Waals surface area contributed by atoms with E-state index in [1.165, 1.54) is 36.4 Å². The average molecular weight is 317 g/mol. The van der Waals surface area contributed by atoms with E-state index >= 15 is 0 Å². The second-order valence-corrected chi connectivity index (χ2v) is 4.71. The second-order valence-electron chi connectivity index (χ2n) is 4.71. The number of aliphatic hydroxyl groups excluding tert-OH is 1. The van der Waals surface area contributed by atoms with Crippen molar-refractivity contribution >= 4 is 11.7 Å². The Morgan fingerprint density at radius 2 is 1.91 bits per heavy atom. The summed E-state index contributed by atoms with van der Waals surface area (Å²) in [6.45, 7) is -0.0935. The molecule has 0 aliphatic carbocycles. The van der Waals surface area contributed by atoms with Crippen LogP contribution in [-0.4, -0.2) is 17.7 Å². The van der Waals surface area contributed by atoms with Crippen molar-refractivity contribution in [3.05, 3.63) is 65.2 Å². The predicted octanol–water partition coefficient (Wildman–Crippen LogP) is 2.69. The van der Waals surface area contributed by atoms with Crippen LogP contribution in [-0.2, 0) is 0 Å². The van der Waals surface area contributed by atoms with Crippen LogP contribution in [0.5, 0.6) is 0 Å². The molecule has 2 rings (SSSR count). The molecule has 0 radical (unpaired) electrons. The maximum atomic E-state index is 13.2. The number of nitrogens with one attached hydrogen (secondary N) is 2. The monoisotopic (exact) mass is 317 g/mol. The van der Waals surface area contributed by atoms with Gasteiger partial charge in [0.05, 0.1) is 11.7 Å². The molecule has 0 saturated heterocycles.